The standard InChI is InChI=1S/C19H24BrNO5/c1-19(2,3)26-18(24)21-15-6-4-5-14(15)17(23)25-11-16(22)12-7-9-13(20)10-8-12/h7-10,14-15H,4-6,11H2,1-3H3,(H,21,24)/t14-,15+/m1/s1. The van der Waals surface area contributed by atoms with E-state index in [4.69, 9.17) is 9.47 Å². The SMILES string of the molecule is CC(C)(C)OC(=O)N[C@H]1CCC[C@H]1C(=O)OCC(=O)c1ccc(Br)cc1. The van der Waals surface area contributed by atoms with Gasteiger partial charge < -0.3 is 14.8 Å². The molecule has 142 valence electrons. The maximum absolute atomic E-state index is 12.3. The van der Waals surface area contributed by atoms with Gasteiger partial charge in [-0.15, -0.1) is 0 Å². The lowest BCUT2D eigenvalue weighted by molar-refractivity contribution is -0.147. The number of esters is 1. The molecule has 2 atom stereocenters. The van der Waals surface area contributed by atoms with Crippen molar-refractivity contribution in [2.75, 3.05) is 6.61 Å². The highest BCUT2D eigenvalue weighted by molar-refractivity contribution is 9.10. The van der Waals surface area contributed by atoms with Gasteiger partial charge in [0.15, 0.2) is 12.4 Å². The molecule has 1 fully saturated rings. The van der Waals surface area contributed by atoms with Crippen molar-refractivity contribution in [3.8, 4) is 0 Å². The number of carbonyl (C=O) groups excluding carboxylic acids is 3. The third kappa shape index (κ3) is 6.12. The van der Waals surface area contributed by atoms with Crippen LogP contribution in [0.2, 0.25) is 0 Å². The van der Waals surface area contributed by atoms with Crippen molar-refractivity contribution < 1.29 is 23.9 Å². The number of carbonyl (C=O) groups is 3. The predicted molar refractivity (Wildman–Crippen MR) is 99.9 cm³/mol. The Balaban J connectivity index is 1.86. The lowest BCUT2D eigenvalue weighted by Crippen LogP contribution is -2.43. The van der Waals surface area contributed by atoms with Gasteiger partial charge in [-0.1, -0.05) is 34.5 Å². The van der Waals surface area contributed by atoms with Crippen LogP contribution in [0, 0.1) is 5.92 Å². The smallest absolute Gasteiger partial charge is 0.407 e. The Labute approximate surface area is 161 Å². The molecule has 0 radical (unpaired) electrons. The van der Waals surface area contributed by atoms with Crippen molar-refractivity contribution in [1.82, 2.24) is 5.32 Å². The summed E-state index contributed by atoms with van der Waals surface area (Å²) in [5.41, 5.74) is -0.119. The Bertz CT molecular complexity index is 666. The van der Waals surface area contributed by atoms with Crippen molar-refractivity contribution >= 4 is 33.8 Å². The molecule has 1 aliphatic rings. The molecule has 1 aromatic carbocycles. The van der Waals surface area contributed by atoms with E-state index in [1.807, 2.05) is 0 Å². The van der Waals surface area contributed by atoms with E-state index in [0.29, 0.717) is 18.4 Å². The van der Waals surface area contributed by atoms with Gasteiger partial charge in [0.1, 0.15) is 5.60 Å². The summed E-state index contributed by atoms with van der Waals surface area (Å²) in [6.45, 7) is 5.03. The Morgan fingerprint density at radius 2 is 1.81 bits per heavy atom. The average Bonchev–Trinajstić information content (AvgIpc) is 2.99. The normalized spacial score (nSPS) is 19.7. The molecule has 0 spiro atoms. The number of ether oxygens (including phenoxy) is 2. The molecular weight excluding hydrogens is 402 g/mol. The summed E-state index contributed by atoms with van der Waals surface area (Å²) in [5.74, 6) is -1.19. The monoisotopic (exact) mass is 425 g/mol. The quantitative estimate of drug-likeness (QED) is 0.571. The average molecular weight is 426 g/mol. The number of benzene rings is 1. The number of ketones is 1. The zero-order chi connectivity index (χ0) is 19.3. The fourth-order valence-corrected chi connectivity index (χ4v) is 3.10. The summed E-state index contributed by atoms with van der Waals surface area (Å²) in [5, 5.41) is 2.74. The third-order valence-corrected chi connectivity index (χ3v) is 4.56. The maximum atomic E-state index is 12.3. The Morgan fingerprint density at radius 3 is 2.42 bits per heavy atom. The fraction of sp³-hybridized carbons (Fsp3) is 0.526. The molecular formula is C19H24BrNO5. The van der Waals surface area contributed by atoms with Crippen LogP contribution < -0.4 is 5.32 Å². The van der Waals surface area contributed by atoms with Crippen molar-refractivity contribution in [2.45, 2.75) is 51.7 Å². The summed E-state index contributed by atoms with van der Waals surface area (Å²) in [4.78, 5) is 36.4. The van der Waals surface area contributed by atoms with Crippen molar-refractivity contribution in [2.24, 2.45) is 5.92 Å². The first-order chi connectivity index (χ1) is 12.2. The number of nitrogens with one attached hydrogen (secondary N) is 1. The Morgan fingerprint density at radius 1 is 1.15 bits per heavy atom. The first-order valence-electron chi connectivity index (χ1n) is 8.60. The minimum atomic E-state index is -0.601. The number of alkyl carbamates (subject to hydrolysis) is 1. The molecule has 1 amide bonds. The van der Waals surface area contributed by atoms with Gasteiger partial charge >= 0.3 is 12.1 Å². The van der Waals surface area contributed by atoms with Crippen LogP contribution in [-0.2, 0) is 14.3 Å². The highest BCUT2D eigenvalue weighted by Gasteiger charge is 2.36. The molecule has 0 aromatic heterocycles. The number of hydrogen-bond donors (Lipinski definition) is 1. The van der Waals surface area contributed by atoms with E-state index in [-0.39, 0.29) is 18.4 Å². The van der Waals surface area contributed by atoms with Crippen molar-refractivity contribution in [3.05, 3.63) is 34.3 Å². The van der Waals surface area contributed by atoms with Crippen LogP contribution in [0.15, 0.2) is 28.7 Å². The molecule has 1 aliphatic carbocycles. The minimum Gasteiger partial charge on any atom is -0.457 e. The van der Waals surface area contributed by atoms with Crippen LogP contribution in [0.1, 0.15) is 50.4 Å². The van der Waals surface area contributed by atoms with Gasteiger partial charge in [0.25, 0.3) is 0 Å². The topological polar surface area (TPSA) is 81.7 Å². The van der Waals surface area contributed by atoms with Gasteiger partial charge in [-0.25, -0.2) is 4.79 Å². The molecule has 7 heteroatoms. The second-order valence-corrected chi connectivity index (χ2v) is 8.24. The summed E-state index contributed by atoms with van der Waals surface area (Å²) >= 11 is 3.30. The van der Waals surface area contributed by atoms with Gasteiger partial charge in [-0.3, -0.25) is 9.59 Å². The third-order valence-electron chi connectivity index (χ3n) is 4.03. The van der Waals surface area contributed by atoms with Crippen LogP contribution in [-0.4, -0.2) is 36.1 Å². The highest BCUT2D eigenvalue weighted by Crippen LogP contribution is 2.27. The molecule has 1 aromatic rings. The lowest BCUT2D eigenvalue weighted by atomic mass is 10.0. The van der Waals surface area contributed by atoms with Crippen molar-refractivity contribution in [3.63, 3.8) is 0 Å². The number of Topliss-reactive ketones (excluding diaryl/α,β-unsaturated/α-hetero) is 1. The highest BCUT2D eigenvalue weighted by atomic mass is 79.9. The molecule has 0 saturated heterocycles. The van der Waals surface area contributed by atoms with E-state index >= 15 is 0 Å². The Hall–Kier alpha value is -1.89. The number of halogens is 1. The number of rotatable bonds is 5. The molecule has 0 bridgehead atoms. The summed E-state index contributed by atoms with van der Waals surface area (Å²) in [7, 11) is 0. The number of hydrogen-bond acceptors (Lipinski definition) is 5. The van der Waals surface area contributed by atoms with Crippen LogP contribution in [0.4, 0.5) is 4.79 Å². The van der Waals surface area contributed by atoms with Gasteiger partial charge in [0, 0.05) is 16.1 Å². The fourth-order valence-electron chi connectivity index (χ4n) is 2.84. The van der Waals surface area contributed by atoms with Crippen LogP contribution >= 0.6 is 15.9 Å². The first-order valence-corrected chi connectivity index (χ1v) is 9.40. The Kier molecular flexibility index (Phi) is 6.81. The van der Waals surface area contributed by atoms with Crippen LogP contribution in [0.3, 0.4) is 0 Å². The summed E-state index contributed by atoms with van der Waals surface area (Å²) < 4.78 is 11.3. The zero-order valence-electron chi connectivity index (χ0n) is 15.2. The van der Waals surface area contributed by atoms with E-state index in [2.05, 4.69) is 21.2 Å². The second kappa shape index (κ2) is 8.66. The number of amides is 1. The minimum absolute atomic E-state index is 0.263. The van der Waals surface area contributed by atoms with Crippen molar-refractivity contribution in [1.29, 1.82) is 0 Å². The van der Waals surface area contributed by atoms with Gasteiger partial charge in [0.2, 0.25) is 0 Å². The summed E-state index contributed by atoms with van der Waals surface area (Å²) in [6, 6.07) is 6.52. The van der Waals surface area contributed by atoms with Crippen LogP contribution in [0.25, 0.3) is 0 Å². The molecule has 1 N–H and O–H groups in total. The van der Waals surface area contributed by atoms with E-state index in [1.165, 1.54) is 0 Å². The van der Waals surface area contributed by atoms with E-state index in [9.17, 15) is 14.4 Å². The van der Waals surface area contributed by atoms with E-state index < -0.39 is 23.6 Å². The van der Waals surface area contributed by atoms with E-state index in [1.54, 1.807) is 45.0 Å². The van der Waals surface area contributed by atoms with Crippen LogP contribution in [0.5, 0.6) is 0 Å². The van der Waals surface area contributed by atoms with Gasteiger partial charge in [-0.2, -0.15) is 0 Å². The molecule has 6 nitrogen and oxygen atoms in total. The molecule has 26 heavy (non-hydrogen) atoms. The lowest BCUT2D eigenvalue weighted by Gasteiger charge is -2.24. The summed E-state index contributed by atoms with van der Waals surface area (Å²) in [6.07, 6.45) is 1.56. The predicted octanol–water partition coefficient (Wildman–Crippen LogP) is 3.87. The zero-order valence-corrected chi connectivity index (χ0v) is 16.8. The largest absolute Gasteiger partial charge is 0.457 e. The first kappa shape index (κ1) is 20.4. The molecule has 1 saturated carbocycles. The maximum Gasteiger partial charge on any atom is 0.407 e. The van der Waals surface area contributed by atoms with E-state index in [0.717, 1.165) is 10.9 Å². The second-order valence-electron chi connectivity index (χ2n) is 7.33. The molecule has 0 unspecified atom stereocenters. The molecule has 2 rings (SSSR count). The molecule has 0 heterocycles. The van der Waals surface area contributed by atoms with Gasteiger partial charge in [-0.05, 0) is 45.7 Å². The van der Waals surface area contributed by atoms with Gasteiger partial charge in [0.05, 0.1) is 5.92 Å². The molecule has 0 aliphatic heterocycles.